The second-order valence-corrected chi connectivity index (χ2v) is 3.45. The Hall–Kier alpha value is -1.48. The zero-order valence-corrected chi connectivity index (χ0v) is 9.44. The van der Waals surface area contributed by atoms with E-state index in [9.17, 15) is 9.59 Å². The van der Waals surface area contributed by atoms with Gasteiger partial charge in [-0.15, -0.1) is 0 Å². The van der Waals surface area contributed by atoms with E-state index in [0.29, 0.717) is 25.2 Å². The molecule has 0 aliphatic carbocycles. The van der Waals surface area contributed by atoms with Gasteiger partial charge in [0.15, 0.2) is 5.78 Å². The van der Waals surface area contributed by atoms with Crippen LogP contribution in [0.4, 0.5) is 0 Å². The topological polar surface area (TPSA) is 43.4 Å². The van der Waals surface area contributed by atoms with Crippen molar-refractivity contribution in [2.75, 3.05) is 13.2 Å². The minimum absolute atomic E-state index is 0.0307. The van der Waals surface area contributed by atoms with Crippen LogP contribution in [0.2, 0.25) is 0 Å². The highest BCUT2D eigenvalue weighted by atomic mass is 16.5. The summed E-state index contributed by atoms with van der Waals surface area (Å²) in [6.45, 7) is 2.87. The van der Waals surface area contributed by atoms with Crippen molar-refractivity contribution in [1.82, 2.24) is 0 Å². The molecule has 16 heavy (non-hydrogen) atoms. The van der Waals surface area contributed by atoms with Crippen LogP contribution >= 0.6 is 0 Å². The Kier molecular flexibility index (Phi) is 5.43. The van der Waals surface area contributed by atoms with Gasteiger partial charge in [-0.3, -0.25) is 9.59 Å². The number of hydrogen-bond donors (Lipinski definition) is 0. The molecule has 0 aliphatic rings. The Bertz CT molecular complexity index is 343. The van der Waals surface area contributed by atoms with Crippen LogP contribution in [-0.4, -0.2) is 24.8 Å². The lowest BCUT2D eigenvalue weighted by molar-refractivity contribution is -0.119. The molecule has 1 aromatic carbocycles. The zero-order valence-electron chi connectivity index (χ0n) is 9.44. The zero-order chi connectivity index (χ0) is 11.8. The number of carbonyl (C=O) groups excluding carboxylic acids is 2. The van der Waals surface area contributed by atoms with E-state index >= 15 is 0 Å². The molecule has 0 N–H and O–H groups in total. The van der Waals surface area contributed by atoms with Crippen LogP contribution in [0.15, 0.2) is 30.3 Å². The van der Waals surface area contributed by atoms with Gasteiger partial charge in [-0.2, -0.15) is 0 Å². The smallest absolute Gasteiger partial charge is 0.170 e. The van der Waals surface area contributed by atoms with E-state index in [4.69, 9.17) is 4.74 Å². The van der Waals surface area contributed by atoms with Gasteiger partial charge in [0.1, 0.15) is 5.78 Å². The van der Waals surface area contributed by atoms with Crippen LogP contribution < -0.4 is 0 Å². The number of hydrogen-bond acceptors (Lipinski definition) is 3. The molecule has 86 valence electrons. The molecule has 3 nitrogen and oxygen atoms in total. The van der Waals surface area contributed by atoms with Gasteiger partial charge in [0.25, 0.3) is 0 Å². The van der Waals surface area contributed by atoms with E-state index < -0.39 is 0 Å². The van der Waals surface area contributed by atoms with Crippen LogP contribution in [0.3, 0.4) is 0 Å². The molecule has 0 aromatic heterocycles. The fourth-order valence-corrected chi connectivity index (χ4v) is 1.32. The van der Waals surface area contributed by atoms with Crippen molar-refractivity contribution in [2.24, 2.45) is 0 Å². The maximum Gasteiger partial charge on any atom is 0.170 e. The van der Waals surface area contributed by atoms with Gasteiger partial charge in [-0.1, -0.05) is 30.3 Å². The molecule has 0 radical (unpaired) electrons. The number of rotatable bonds is 7. The highest BCUT2D eigenvalue weighted by Gasteiger charge is 2.10. The van der Waals surface area contributed by atoms with Crippen molar-refractivity contribution in [3.63, 3.8) is 0 Å². The van der Waals surface area contributed by atoms with Gasteiger partial charge in [-0.25, -0.2) is 0 Å². The highest BCUT2D eigenvalue weighted by Crippen LogP contribution is 2.04. The Morgan fingerprint density at radius 3 is 2.50 bits per heavy atom. The molecule has 0 bridgehead atoms. The minimum atomic E-state index is -0.123. The monoisotopic (exact) mass is 220 g/mol. The highest BCUT2D eigenvalue weighted by molar-refractivity contribution is 6.07. The summed E-state index contributed by atoms with van der Waals surface area (Å²) in [5.41, 5.74) is 0.590. The number of Topliss-reactive ketones (excluding diaryl/α,β-unsaturated/α-hetero) is 2. The number of benzene rings is 1. The Balaban J connectivity index is 2.37. The van der Waals surface area contributed by atoms with Crippen molar-refractivity contribution < 1.29 is 14.3 Å². The lowest BCUT2D eigenvalue weighted by Crippen LogP contribution is -2.10. The predicted octanol–water partition coefficient (Wildman–Crippen LogP) is 2.26. The third-order valence-corrected chi connectivity index (χ3v) is 2.18. The summed E-state index contributed by atoms with van der Waals surface area (Å²) in [5.74, 6) is -0.190. The standard InChI is InChI=1S/C13H16O3/c1-2-16-9-8-12(14)10-13(15)11-6-4-3-5-7-11/h3-7H,2,8-10H2,1H3. The molecular weight excluding hydrogens is 204 g/mol. The van der Waals surface area contributed by atoms with E-state index in [1.807, 2.05) is 13.0 Å². The van der Waals surface area contributed by atoms with Gasteiger partial charge in [0, 0.05) is 18.6 Å². The van der Waals surface area contributed by atoms with Crippen molar-refractivity contribution >= 4 is 11.6 Å². The average molecular weight is 220 g/mol. The first-order valence-electron chi connectivity index (χ1n) is 5.41. The molecule has 0 amide bonds. The van der Waals surface area contributed by atoms with Crippen LogP contribution in [0.1, 0.15) is 30.1 Å². The third kappa shape index (κ3) is 4.36. The molecule has 1 rings (SSSR count). The van der Waals surface area contributed by atoms with Crippen LogP contribution in [0.25, 0.3) is 0 Å². The normalized spacial score (nSPS) is 10.1. The van der Waals surface area contributed by atoms with Crippen molar-refractivity contribution in [3.8, 4) is 0 Å². The lowest BCUT2D eigenvalue weighted by atomic mass is 10.1. The van der Waals surface area contributed by atoms with Crippen LogP contribution in [0.5, 0.6) is 0 Å². The van der Waals surface area contributed by atoms with Gasteiger partial charge in [0.2, 0.25) is 0 Å². The molecule has 1 aromatic rings. The predicted molar refractivity (Wildman–Crippen MR) is 61.5 cm³/mol. The molecule has 0 fully saturated rings. The van der Waals surface area contributed by atoms with E-state index in [1.165, 1.54) is 0 Å². The van der Waals surface area contributed by atoms with Crippen LogP contribution in [-0.2, 0) is 9.53 Å². The second kappa shape index (κ2) is 6.90. The summed E-state index contributed by atoms with van der Waals surface area (Å²) in [4.78, 5) is 23.0. The number of ketones is 2. The van der Waals surface area contributed by atoms with Crippen molar-refractivity contribution in [2.45, 2.75) is 19.8 Å². The van der Waals surface area contributed by atoms with E-state index in [-0.39, 0.29) is 18.0 Å². The molecular formula is C13H16O3. The maximum absolute atomic E-state index is 11.6. The summed E-state index contributed by atoms with van der Waals surface area (Å²) in [5, 5.41) is 0. The molecule has 0 saturated carbocycles. The van der Waals surface area contributed by atoms with Crippen LogP contribution in [0, 0.1) is 0 Å². The third-order valence-electron chi connectivity index (χ3n) is 2.18. The van der Waals surface area contributed by atoms with Gasteiger partial charge in [0.05, 0.1) is 13.0 Å². The van der Waals surface area contributed by atoms with Gasteiger partial charge in [-0.05, 0) is 6.92 Å². The van der Waals surface area contributed by atoms with Gasteiger partial charge < -0.3 is 4.74 Å². The second-order valence-electron chi connectivity index (χ2n) is 3.45. The molecule has 0 atom stereocenters. The molecule has 3 heteroatoms. The summed E-state index contributed by atoms with van der Waals surface area (Å²) in [6, 6.07) is 8.86. The quantitative estimate of drug-likeness (QED) is 0.402. The Morgan fingerprint density at radius 1 is 1.19 bits per heavy atom. The average Bonchev–Trinajstić information content (AvgIpc) is 2.30. The fraction of sp³-hybridized carbons (Fsp3) is 0.385. The lowest BCUT2D eigenvalue weighted by Gasteiger charge is -2.01. The summed E-state index contributed by atoms with van der Waals surface area (Å²) < 4.78 is 5.06. The van der Waals surface area contributed by atoms with E-state index in [0.717, 1.165) is 0 Å². The SMILES string of the molecule is CCOCCC(=O)CC(=O)c1ccccc1. The Morgan fingerprint density at radius 2 is 1.88 bits per heavy atom. The van der Waals surface area contributed by atoms with E-state index in [2.05, 4.69) is 0 Å². The maximum atomic E-state index is 11.6. The minimum Gasteiger partial charge on any atom is -0.381 e. The first-order chi connectivity index (χ1) is 7.74. The summed E-state index contributed by atoms with van der Waals surface area (Å²) >= 11 is 0. The first-order valence-corrected chi connectivity index (χ1v) is 5.41. The first kappa shape index (κ1) is 12.6. The molecule has 0 aliphatic heterocycles. The summed E-state index contributed by atoms with van der Waals surface area (Å²) in [7, 11) is 0. The van der Waals surface area contributed by atoms with Crippen molar-refractivity contribution in [1.29, 1.82) is 0 Å². The molecule has 0 unspecified atom stereocenters. The summed E-state index contributed by atoms with van der Waals surface area (Å²) in [6.07, 6.45) is 0.281. The molecule has 0 heterocycles. The molecule has 0 saturated heterocycles. The fourth-order valence-electron chi connectivity index (χ4n) is 1.32. The van der Waals surface area contributed by atoms with Crippen molar-refractivity contribution in [3.05, 3.63) is 35.9 Å². The molecule has 0 spiro atoms. The van der Waals surface area contributed by atoms with E-state index in [1.54, 1.807) is 24.3 Å². The van der Waals surface area contributed by atoms with Gasteiger partial charge >= 0.3 is 0 Å². The number of carbonyl (C=O) groups is 2. The largest absolute Gasteiger partial charge is 0.381 e. The number of ether oxygens (including phenoxy) is 1. The Labute approximate surface area is 95.4 Å².